The fourth-order valence-corrected chi connectivity index (χ4v) is 7.48. The van der Waals surface area contributed by atoms with E-state index in [0.29, 0.717) is 6.42 Å². The van der Waals surface area contributed by atoms with E-state index in [1.165, 1.54) is 108 Å². The third-order valence-electron chi connectivity index (χ3n) is 10.0. The maximum absolute atomic E-state index is 12.9. The molecule has 0 aliphatic carbocycles. The molecule has 1 aromatic heterocycles. The average molecular weight is 816 g/mol. The molecule has 56 heavy (non-hydrogen) atoms. The standard InChI is InChI=1S/C40H73N5O10S/c1-3-5-7-9-11-13-15-17-19-21-23-34(47)53-27-30(54-35(48)24-22-20-18-16-14-12-10-8-6-4-2)28-56-29-31(41)39(52)42-33-25-45(44-43-33)40-38(51)37(50)36(49)32(26-46)55-40/h25,30-32,36-38,40,46,49-51H,3-24,26-29,41H2,1-2H3,(H,42,52)/t30-,31-,32?,36?,37?,38?,40+/m1/s1. The zero-order valence-electron chi connectivity index (χ0n) is 34.1. The fraction of sp³-hybridized carbons (Fsp3) is 0.875. The molecular formula is C40H73N5O10S. The Kier molecular flexibility index (Phi) is 27.3. The number of nitrogens with one attached hydrogen (secondary N) is 1. The van der Waals surface area contributed by atoms with Crippen molar-refractivity contribution < 1.29 is 49.0 Å². The van der Waals surface area contributed by atoms with Gasteiger partial charge in [-0.25, -0.2) is 4.68 Å². The van der Waals surface area contributed by atoms with Crippen LogP contribution in [0.2, 0.25) is 0 Å². The summed E-state index contributed by atoms with van der Waals surface area (Å²) in [6.07, 6.45) is 17.3. The van der Waals surface area contributed by atoms with Crippen LogP contribution < -0.4 is 11.1 Å². The van der Waals surface area contributed by atoms with Gasteiger partial charge in [0, 0.05) is 24.3 Å². The summed E-state index contributed by atoms with van der Waals surface area (Å²) >= 11 is 1.29. The van der Waals surface area contributed by atoms with E-state index in [0.717, 1.165) is 43.2 Å². The van der Waals surface area contributed by atoms with Gasteiger partial charge >= 0.3 is 11.9 Å². The second-order valence-corrected chi connectivity index (χ2v) is 16.2. The predicted molar refractivity (Wildman–Crippen MR) is 217 cm³/mol. The van der Waals surface area contributed by atoms with Gasteiger partial charge in [-0.15, -0.1) is 5.10 Å². The number of unbranched alkanes of at least 4 members (excludes halogenated alkanes) is 18. The number of nitrogens with zero attached hydrogens (tertiary/aromatic N) is 3. The first kappa shape index (κ1) is 49.8. The number of aromatic nitrogens is 3. The molecule has 0 radical (unpaired) electrons. The first-order chi connectivity index (χ1) is 27.1. The Morgan fingerprint density at radius 2 is 1.30 bits per heavy atom. The zero-order valence-corrected chi connectivity index (χ0v) is 34.9. The lowest BCUT2D eigenvalue weighted by Crippen LogP contribution is -2.56. The molecule has 7 N–H and O–H groups in total. The van der Waals surface area contributed by atoms with E-state index >= 15 is 0 Å². The number of amides is 1. The average Bonchev–Trinajstić information content (AvgIpc) is 3.65. The number of rotatable bonds is 33. The highest BCUT2D eigenvalue weighted by Crippen LogP contribution is 2.28. The first-order valence-corrected chi connectivity index (χ1v) is 22.5. The number of carbonyl (C=O) groups is 3. The van der Waals surface area contributed by atoms with Gasteiger partial charge in [0.15, 0.2) is 12.0 Å². The fourth-order valence-electron chi connectivity index (χ4n) is 6.51. The van der Waals surface area contributed by atoms with Crippen molar-refractivity contribution in [1.29, 1.82) is 0 Å². The number of hydrogen-bond donors (Lipinski definition) is 6. The minimum absolute atomic E-state index is 0.000474. The van der Waals surface area contributed by atoms with E-state index in [9.17, 15) is 34.8 Å². The van der Waals surface area contributed by atoms with Gasteiger partial charge in [-0.1, -0.05) is 135 Å². The Morgan fingerprint density at radius 3 is 1.84 bits per heavy atom. The molecule has 1 aliphatic heterocycles. The maximum atomic E-state index is 12.9. The van der Waals surface area contributed by atoms with Crippen LogP contribution in [-0.4, -0.2) is 115 Å². The summed E-state index contributed by atoms with van der Waals surface area (Å²) in [6, 6.07) is -0.987. The van der Waals surface area contributed by atoms with E-state index in [1.807, 2.05) is 0 Å². The lowest BCUT2D eigenvalue weighted by atomic mass is 9.98. The monoisotopic (exact) mass is 816 g/mol. The highest BCUT2D eigenvalue weighted by Gasteiger charge is 2.44. The van der Waals surface area contributed by atoms with E-state index in [2.05, 4.69) is 29.5 Å². The molecule has 4 unspecified atom stereocenters. The third kappa shape index (κ3) is 20.9. The van der Waals surface area contributed by atoms with Crippen LogP contribution in [0.3, 0.4) is 0 Å². The van der Waals surface area contributed by atoms with E-state index < -0.39 is 55.3 Å². The largest absolute Gasteiger partial charge is 0.462 e. The predicted octanol–water partition coefficient (Wildman–Crippen LogP) is 5.33. The van der Waals surface area contributed by atoms with Crippen LogP contribution in [0, 0.1) is 0 Å². The maximum Gasteiger partial charge on any atom is 0.306 e. The lowest BCUT2D eigenvalue weighted by Gasteiger charge is -2.39. The number of carbonyl (C=O) groups excluding carboxylic acids is 3. The molecule has 1 saturated heterocycles. The van der Waals surface area contributed by atoms with Crippen LogP contribution in [0.5, 0.6) is 0 Å². The molecule has 1 fully saturated rings. The summed E-state index contributed by atoms with van der Waals surface area (Å²) in [5.41, 5.74) is 6.15. The quantitative estimate of drug-likeness (QED) is 0.0390. The van der Waals surface area contributed by atoms with Crippen molar-refractivity contribution in [3.63, 3.8) is 0 Å². The molecule has 1 aliphatic rings. The molecule has 2 rings (SSSR count). The van der Waals surface area contributed by atoms with Crippen molar-refractivity contribution in [3.8, 4) is 0 Å². The number of ether oxygens (including phenoxy) is 3. The molecular weight excluding hydrogens is 743 g/mol. The number of aliphatic hydroxyl groups excluding tert-OH is 4. The van der Waals surface area contributed by atoms with Crippen LogP contribution in [0.1, 0.15) is 161 Å². The highest BCUT2D eigenvalue weighted by atomic mass is 32.2. The SMILES string of the molecule is CCCCCCCCCCCCC(=O)OC[C@H](CSC[C@@H](N)C(=O)Nc1cn([C@H]2OC(CO)C(O)C(O)C2O)nn1)OC(=O)CCCCCCCCCCCC. The summed E-state index contributed by atoms with van der Waals surface area (Å²) in [4.78, 5) is 38.2. The second-order valence-electron chi connectivity index (χ2n) is 15.1. The smallest absolute Gasteiger partial charge is 0.306 e. The molecule has 0 bridgehead atoms. The molecule has 7 atom stereocenters. The lowest BCUT2D eigenvalue weighted by molar-refractivity contribution is -0.254. The van der Waals surface area contributed by atoms with Gasteiger partial charge in [-0.2, -0.15) is 11.8 Å². The van der Waals surface area contributed by atoms with Crippen molar-refractivity contribution in [2.24, 2.45) is 5.73 Å². The van der Waals surface area contributed by atoms with E-state index in [1.54, 1.807) is 0 Å². The van der Waals surface area contributed by atoms with Gasteiger partial charge in [-0.3, -0.25) is 14.4 Å². The number of nitrogens with two attached hydrogens (primary N) is 1. The van der Waals surface area contributed by atoms with Crippen LogP contribution >= 0.6 is 11.8 Å². The van der Waals surface area contributed by atoms with Gasteiger partial charge in [0.05, 0.1) is 18.8 Å². The first-order valence-electron chi connectivity index (χ1n) is 21.3. The minimum Gasteiger partial charge on any atom is -0.462 e. The molecule has 15 nitrogen and oxygen atoms in total. The van der Waals surface area contributed by atoms with Crippen LogP contribution in [0.4, 0.5) is 5.82 Å². The number of anilines is 1. The molecule has 2 heterocycles. The highest BCUT2D eigenvalue weighted by molar-refractivity contribution is 7.99. The topological polar surface area (TPSA) is 229 Å². The van der Waals surface area contributed by atoms with Crippen molar-refractivity contribution >= 4 is 35.4 Å². The van der Waals surface area contributed by atoms with Crippen molar-refractivity contribution in [2.45, 2.75) is 198 Å². The third-order valence-corrected chi connectivity index (χ3v) is 11.2. The Morgan fingerprint density at radius 1 is 0.786 bits per heavy atom. The van der Waals surface area contributed by atoms with Gasteiger partial charge in [0.25, 0.3) is 0 Å². The van der Waals surface area contributed by atoms with Crippen LogP contribution in [0.15, 0.2) is 6.20 Å². The normalized spacial score (nSPS) is 20.7. The Hall–Kier alpha value is -2.34. The molecule has 16 heteroatoms. The number of aliphatic hydroxyl groups is 4. The van der Waals surface area contributed by atoms with Gasteiger partial charge in [0.2, 0.25) is 5.91 Å². The van der Waals surface area contributed by atoms with Gasteiger partial charge in [-0.05, 0) is 12.8 Å². The van der Waals surface area contributed by atoms with E-state index in [4.69, 9.17) is 19.9 Å². The molecule has 1 amide bonds. The Balaban J connectivity index is 1.79. The van der Waals surface area contributed by atoms with Crippen molar-refractivity contribution in [2.75, 3.05) is 30.0 Å². The van der Waals surface area contributed by atoms with Gasteiger partial charge in [0.1, 0.15) is 37.1 Å². The Bertz CT molecular complexity index is 1190. The molecule has 0 saturated carbocycles. The second kappa shape index (κ2) is 30.7. The molecule has 0 spiro atoms. The summed E-state index contributed by atoms with van der Waals surface area (Å²) in [6.45, 7) is 3.76. The number of thioether (sulfide) groups is 1. The minimum atomic E-state index is -1.60. The molecule has 1 aromatic rings. The number of esters is 2. The summed E-state index contributed by atoms with van der Waals surface area (Å²) in [5, 5.41) is 50.1. The summed E-state index contributed by atoms with van der Waals surface area (Å²) < 4.78 is 17.8. The number of hydrogen-bond acceptors (Lipinski definition) is 14. The molecule has 0 aromatic carbocycles. The van der Waals surface area contributed by atoms with Crippen LogP contribution in [-0.2, 0) is 28.6 Å². The van der Waals surface area contributed by atoms with Crippen LogP contribution in [0.25, 0.3) is 0 Å². The Labute approximate surface area is 338 Å². The summed E-state index contributed by atoms with van der Waals surface area (Å²) in [7, 11) is 0. The van der Waals surface area contributed by atoms with Crippen molar-refractivity contribution in [3.05, 3.63) is 6.20 Å². The summed E-state index contributed by atoms with van der Waals surface area (Å²) in [5.74, 6) is -0.810. The van der Waals surface area contributed by atoms with E-state index in [-0.39, 0.29) is 42.3 Å². The zero-order chi connectivity index (χ0) is 41.0. The van der Waals surface area contributed by atoms with Crippen molar-refractivity contribution in [1.82, 2.24) is 15.0 Å². The van der Waals surface area contributed by atoms with Gasteiger partial charge < -0.3 is 45.7 Å². The molecule has 324 valence electrons.